The first kappa shape index (κ1) is 23.3. The van der Waals surface area contributed by atoms with Crippen molar-refractivity contribution in [2.45, 2.75) is 25.8 Å². The number of likely N-dealkylation sites (tertiary alicyclic amines) is 1. The van der Waals surface area contributed by atoms with Gasteiger partial charge in [-0.2, -0.15) is 10.2 Å². The number of nitrogens with one attached hydrogen (secondary N) is 3. The summed E-state index contributed by atoms with van der Waals surface area (Å²) in [6.45, 7) is 2.00. The van der Waals surface area contributed by atoms with Crippen LogP contribution >= 0.6 is 11.6 Å². The van der Waals surface area contributed by atoms with Gasteiger partial charge in [0.2, 0.25) is 5.91 Å². The zero-order valence-electron chi connectivity index (χ0n) is 17.3. The van der Waals surface area contributed by atoms with Gasteiger partial charge in [-0.3, -0.25) is 14.4 Å². The maximum atomic E-state index is 13.7. The molecule has 1 unspecified atom stereocenters. The molecule has 0 spiro atoms. The van der Waals surface area contributed by atoms with Crippen molar-refractivity contribution in [3.05, 3.63) is 57.2 Å². The molecule has 1 aromatic carbocycles. The molecule has 32 heavy (non-hydrogen) atoms. The number of carbonyl (C=O) groups excluding carboxylic acids is 2. The van der Waals surface area contributed by atoms with Crippen molar-refractivity contribution in [3.63, 3.8) is 0 Å². The van der Waals surface area contributed by atoms with Crippen LogP contribution in [0, 0.1) is 17.1 Å². The second-order valence-corrected chi connectivity index (χ2v) is 7.86. The number of hydrogen-bond donors (Lipinski definition) is 3. The Morgan fingerprint density at radius 1 is 1.38 bits per heavy atom. The van der Waals surface area contributed by atoms with E-state index in [1.165, 1.54) is 18.3 Å². The summed E-state index contributed by atoms with van der Waals surface area (Å²) in [5.41, 5.74) is -0.238. The van der Waals surface area contributed by atoms with E-state index >= 15 is 0 Å². The molecule has 1 aromatic heterocycles. The lowest BCUT2D eigenvalue weighted by Crippen LogP contribution is -2.48. The zero-order valence-corrected chi connectivity index (χ0v) is 18.0. The van der Waals surface area contributed by atoms with Crippen LogP contribution in [0.1, 0.15) is 30.1 Å². The van der Waals surface area contributed by atoms with Crippen molar-refractivity contribution in [3.8, 4) is 0 Å². The van der Waals surface area contributed by atoms with E-state index in [1.807, 2.05) is 6.92 Å². The van der Waals surface area contributed by atoms with Crippen LogP contribution in [0.25, 0.3) is 0 Å². The van der Waals surface area contributed by atoms with Crippen molar-refractivity contribution < 1.29 is 14.0 Å². The number of anilines is 1. The van der Waals surface area contributed by atoms with E-state index in [9.17, 15) is 18.8 Å². The number of carbonyl (C=O) groups is 2. The van der Waals surface area contributed by atoms with Gasteiger partial charge in [0.1, 0.15) is 17.2 Å². The van der Waals surface area contributed by atoms with E-state index in [4.69, 9.17) is 17.0 Å². The number of piperidine rings is 1. The Balaban J connectivity index is 1.80. The second kappa shape index (κ2) is 10.3. The SMILES string of the molecule is C[C@@H]1CCC(C(=O)Nc2cc(Cl)c[nH]c2=O)CN1C(=O)c1ccc(F)cc1N=NCC=N. The number of azo groups is 1. The van der Waals surface area contributed by atoms with Crippen LogP contribution in [0.2, 0.25) is 5.02 Å². The molecule has 2 heterocycles. The molecule has 0 aliphatic carbocycles. The van der Waals surface area contributed by atoms with Crippen LogP contribution < -0.4 is 10.9 Å². The minimum Gasteiger partial charge on any atom is -0.335 e. The van der Waals surface area contributed by atoms with Gasteiger partial charge in [-0.1, -0.05) is 11.6 Å². The molecule has 0 radical (unpaired) electrons. The molecule has 0 bridgehead atoms. The number of halogens is 2. The van der Waals surface area contributed by atoms with Gasteiger partial charge < -0.3 is 20.6 Å². The molecule has 2 amide bonds. The fourth-order valence-electron chi connectivity index (χ4n) is 3.47. The third kappa shape index (κ3) is 5.44. The van der Waals surface area contributed by atoms with Crippen molar-refractivity contribution >= 4 is 41.0 Å². The Morgan fingerprint density at radius 3 is 2.91 bits per heavy atom. The molecule has 1 fully saturated rings. The van der Waals surface area contributed by atoms with Gasteiger partial charge in [0.15, 0.2) is 0 Å². The standard InChI is InChI=1S/C21H22ClFN6O3/c1-12-2-3-13(19(30)27-18-8-14(22)10-25-20(18)31)11-29(12)21(32)16-5-4-15(23)9-17(16)28-26-7-6-24/h4-6,8-10,12-13,24H,2-3,7,11H2,1H3,(H,25,31)(H,27,30)/t12-,13?/m1/s1. The van der Waals surface area contributed by atoms with E-state index in [-0.39, 0.29) is 41.1 Å². The number of nitrogens with zero attached hydrogens (tertiary/aromatic N) is 3. The average Bonchev–Trinajstić information content (AvgIpc) is 2.76. The van der Waals surface area contributed by atoms with Gasteiger partial charge in [-0.25, -0.2) is 4.39 Å². The van der Waals surface area contributed by atoms with Gasteiger partial charge in [0.25, 0.3) is 11.5 Å². The Labute approximate surface area is 188 Å². The smallest absolute Gasteiger partial charge is 0.271 e. The number of rotatable bonds is 6. The summed E-state index contributed by atoms with van der Waals surface area (Å²) in [4.78, 5) is 41.9. The van der Waals surface area contributed by atoms with Crippen LogP contribution in [0.3, 0.4) is 0 Å². The number of hydrogen-bond acceptors (Lipinski definition) is 6. The van der Waals surface area contributed by atoms with E-state index in [0.717, 1.165) is 18.3 Å². The molecule has 9 nitrogen and oxygen atoms in total. The Bertz CT molecular complexity index is 1120. The van der Waals surface area contributed by atoms with Gasteiger partial charge >= 0.3 is 0 Å². The molecule has 2 atom stereocenters. The summed E-state index contributed by atoms with van der Waals surface area (Å²) in [6, 6.07) is 4.80. The molecule has 2 aromatic rings. The van der Waals surface area contributed by atoms with E-state index in [2.05, 4.69) is 20.5 Å². The number of H-pyrrole nitrogens is 1. The second-order valence-electron chi connectivity index (χ2n) is 7.42. The highest BCUT2D eigenvalue weighted by Gasteiger charge is 2.34. The summed E-state index contributed by atoms with van der Waals surface area (Å²) < 4.78 is 13.7. The lowest BCUT2D eigenvalue weighted by atomic mass is 9.92. The van der Waals surface area contributed by atoms with Crippen molar-refractivity contribution in [2.24, 2.45) is 16.1 Å². The lowest BCUT2D eigenvalue weighted by molar-refractivity contribution is -0.121. The number of benzene rings is 1. The first-order chi connectivity index (χ1) is 15.3. The third-order valence-electron chi connectivity index (χ3n) is 5.18. The van der Waals surface area contributed by atoms with Gasteiger partial charge in [-0.05, 0) is 38.0 Å². The summed E-state index contributed by atoms with van der Waals surface area (Å²) >= 11 is 5.88. The van der Waals surface area contributed by atoms with Crippen LogP contribution in [0.4, 0.5) is 15.8 Å². The number of amides is 2. The monoisotopic (exact) mass is 460 g/mol. The van der Waals surface area contributed by atoms with Crippen molar-refractivity contribution in [1.82, 2.24) is 9.88 Å². The van der Waals surface area contributed by atoms with E-state index in [0.29, 0.717) is 12.8 Å². The predicted molar refractivity (Wildman–Crippen MR) is 118 cm³/mol. The van der Waals surface area contributed by atoms with Crippen molar-refractivity contribution in [1.29, 1.82) is 5.41 Å². The lowest BCUT2D eigenvalue weighted by Gasteiger charge is -2.37. The molecule has 168 valence electrons. The summed E-state index contributed by atoms with van der Waals surface area (Å²) in [5, 5.41) is 17.5. The van der Waals surface area contributed by atoms with Crippen LogP contribution in [-0.2, 0) is 4.79 Å². The number of pyridine rings is 1. The molecule has 1 aliphatic rings. The number of aromatic nitrogens is 1. The molecule has 1 aliphatic heterocycles. The average molecular weight is 461 g/mol. The molecule has 3 N–H and O–H groups in total. The minimum absolute atomic E-state index is 0.00907. The molecule has 11 heteroatoms. The predicted octanol–water partition coefficient (Wildman–Crippen LogP) is 3.78. The van der Waals surface area contributed by atoms with Gasteiger partial charge in [-0.15, -0.1) is 0 Å². The highest BCUT2D eigenvalue weighted by molar-refractivity contribution is 6.30. The van der Waals surface area contributed by atoms with Crippen LogP contribution in [0.5, 0.6) is 0 Å². The molecule has 0 saturated carbocycles. The zero-order chi connectivity index (χ0) is 23.3. The highest BCUT2D eigenvalue weighted by Crippen LogP contribution is 2.28. The quantitative estimate of drug-likeness (QED) is 0.447. The summed E-state index contributed by atoms with van der Waals surface area (Å²) in [6.07, 6.45) is 3.46. The van der Waals surface area contributed by atoms with Gasteiger partial charge in [0, 0.05) is 31.1 Å². The minimum atomic E-state index is -0.568. The molecule has 3 rings (SSSR count). The maximum absolute atomic E-state index is 13.7. The van der Waals surface area contributed by atoms with Crippen LogP contribution in [-0.4, -0.2) is 47.0 Å². The number of aromatic amines is 1. The summed E-state index contributed by atoms with van der Waals surface area (Å²) in [5.74, 6) is -1.91. The summed E-state index contributed by atoms with van der Waals surface area (Å²) in [7, 11) is 0. The van der Waals surface area contributed by atoms with Crippen molar-refractivity contribution in [2.75, 3.05) is 18.4 Å². The molecule has 1 saturated heterocycles. The topological polar surface area (TPSA) is 131 Å². The molecular weight excluding hydrogens is 439 g/mol. The first-order valence-electron chi connectivity index (χ1n) is 9.96. The fourth-order valence-corrected chi connectivity index (χ4v) is 3.63. The van der Waals surface area contributed by atoms with Crippen LogP contribution in [0.15, 0.2) is 45.5 Å². The Kier molecular flexibility index (Phi) is 7.47. The first-order valence-corrected chi connectivity index (χ1v) is 10.3. The normalized spacial score (nSPS) is 18.5. The largest absolute Gasteiger partial charge is 0.335 e. The Hall–Kier alpha value is -3.40. The van der Waals surface area contributed by atoms with E-state index in [1.54, 1.807) is 4.90 Å². The maximum Gasteiger partial charge on any atom is 0.271 e. The van der Waals surface area contributed by atoms with Gasteiger partial charge in [0.05, 0.1) is 23.0 Å². The Morgan fingerprint density at radius 2 is 2.16 bits per heavy atom. The third-order valence-corrected chi connectivity index (χ3v) is 5.40. The molecular formula is C21H22ClFN6O3. The van der Waals surface area contributed by atoms with E-state index < -0.39 is 29.1 Å². The fraction of sp³-hybridized carbons (Fsp3) is 0.333. The highest BCUT2D eigenvalue weighted by atomic mass is 35.5.